The lowest BCUT2D eigenvalue weighted by atomic mass is 10.1. The first-order chi connectivity index (χ1) is 10.2. The zero-order valence-electron chi connectivity index (χ0n) is 11.4. The van der Waals surface area contributed by atoms with Gasteiger partial charge in [0.15, 0.2) is 5.78 Å². The standard InChI is InChI=1S/C16H15NO4/c18-16(14-7-4-8-15(11-14)17(19)20)12-21-10-9-13-5-2-1-3-6-13/h1-8,11H,9-10,12H2. The molecule has 0 radical (unpaired) electrons. The third-order valence-electron chi connectivity index (χ3n) is 2.99. The Morgan fingerprint density at radius 2 is 1.86 bits per heavy atom. The van der Waals surface area contributed by atoms with Crippen LogP contribution >= 0.6 is 0 Å². The summed E-state index contributed by atoms with van der Waals surface area (Å²) in [6.07, 6.45) is 0.725. The Hall–Kier alpha value is -2.53. The number of ketones is 1. The van der Waals surface area contributed by atoms with Crippen molar-refractivity contribution in [3.8, 4) is 0 Å². The van der Waals surface area contributed by atoms with Gasteiger partial charge in [-0.25, -0.2) is 0 Å². The fourth-order valence-corrected chi connectivity index (χ4v) is 1.88. The molecule has 0 heterocycles. The van der Waals surface area contributed by atoms with Crippen LogP contribution in [0, 0.1) is 10.1 Å². The second-order valence-corrected chi connectivity index (χ2v) is 4.52. The number of carbonyl (C=O) groups is 1. The molecule has 0 atom stereocenters. The van der Waals surface area contributed by atoms with Gasteiger partial charge in [-0.1, -0.05) is 42.5 Å². The molecule has 0 aromatic heterocycles. The summed E-state index contributed by atoms with van der Waals surface area (Å²) in [5, 5.41) is 10.7. The average molecular weight is 285 g/mol. The predicted octanol–water partition coefficient (Wildman–Crippen LogP) is 3.04. The molecule has 0 N–H and O–H groups in total. The van der Waals surface area contributed by atoms with Crippen molar-refractivity contribution in [2.75, 3.05) is 13.2 Å². The second-order valence-electron chi connectivity index (χ2n) is 4.52. The average Bonchev–Trinajstić information content (AvgIpc) is 2.52. The summed E-state index contributed by atoms with van der Waals surface area (Å²) in [5.41, 5.74) is 1.34. The Bertz CT molecular complexity index is 625. The van der Waals surface area contributed by atoms with E-state index in [0.717, 1.165) is 12.0 Å². The highest BCUT2D eigenvalue weighted by atomic mass is 16.6. The van der Waals surface area contributed by atoms with Crippen LogP contribution in [0.1, 0.15) is 15.9 Å². The van der Waals surface area contributed by atoms with Gasteiger partial charge in [0.2, 0.25) is 0 Å². The molecule has 0 saturated heterocycles. The highest BCUT2D eigenvalue weighted by molar-refractivity contribution is 5.97. The number of ether oxygens (including phenoxy) is 1. The van der Waals surface area contributed by atoms with Crippen molar-refractivity contribution in [3.05, 3.63) is 75.8 Å². The first-order valence-corrected chi connectivity index (χ1v) is 6.56. The van der Waals surface area contributed by atoms with Crippen molar-refractivity contribution in [3.63, 3.8) is 0 Å². The van der Waals surface area contributed by atoms with Gasteiger partial charge >= 0.3 is 0 Å². The van der Waals surface area contributed by atoms with E-state index in [-0.39, 0.29) is 18.1 Å². The van der Waals surface area contributed by atoms with Crippen LogP contribution in [0.25, 0.3) is 0 Å². The topological polar surface area (TPSA) is 69.4 Å². The number of hydrogen-bond donors (Lipinski definition) is 0. The molecular formula is C16H15NO4. The lowest BCUT2D eigenvalue weighted by molar-refractivity contribution is -0.384. The number of hydrogen-bond acceptors (Lipinski definition) is 4. The first kappa shape index (κ1) is 14.9. The minimum absolute atomic E-state index is 0.0754. The maximum atomic E-state index is 11.9. The van der Waals surface area contributed by atoms with Crippen LogP contribution in [-0.2, 0) is 11.2 Å². The normalized spacial score (nSPS) is 10.3. The van der Waals surface area contributed by atoms with Gasteiger partial charge in [0.25, 0.3) is 5.69 Å². The highest BCUT2D eigenvalue weighted by Crippen LogP contribution is 2.13. The molecule has 0 bridgehead atoms. The molecule has 0 saturated carbocycles. The Morgan fingerprint density at radius 3 is 2.57 bits per heavy atom. The summed E-state index contributed by atoms with van der Waals surface area (Å²) in [6, 6.07) is 15.5. The van der Waals surface area contributed by atoms with Gasteiger partial charge in [0.1, 0.15) is 6.61 Å². The third-order valence-corrected chi connectivity index (χ3v) is 2.99. The van der Waals surface area contributed by atoms with Crippen LogP contribution in [0.15, 0.2) is 54.6 Å². The predicted molar refractivity (Wildman–Crippen MR) is 78.4 cm³/mol. The third kappa shape index (κ3) is 4.50. The van der Waals surface area contributed by atoms with E-state index in [2.05, 4.69) is 0 Å². The summed E-state index contributed by atoms with van der Waals surface area (Å²) < 4.78 is 5.33. The summed E-state index contributed by atoms with van der Waals surface area (Å²) in [7, 11) is 0. The van der Waals surface area contributed by atoms with Gasteiger partial charge in [0.05, 0.1) is 11.5 Å². The minimum Gasteiger partial charge on any atom is -0.373 e. The maximum absolute atomic E-state index is 11.9. The lowest BCUT2D eigenvalue weighted by Gasteiger charge is -2.04. The number of carbonyl (C=O) groups excluding carboxylic acids is 1. The first-order valence-electron chi connectivity index (χ1n) is 6.56. The van der Waals surface area contributed by atoms with Gasteiger partial charge in [-0.15, -0.1) is 0 Å². The van der Waals surface area contributed by atoms with Crippen molar-refractivity contribution < 1.29 is 14.5 Å². The van der Waals surface area contributed by atoms with E-state index in [1.54, 1.807) is 6.07 Å². The molecular weight excluding hydrogens is 270 g/mol. The lowest BCUT2D eigenvalue weighted by Crippen LogP contribution is -2.11. The van der Waals surface area contributed by atoms with Crippen molar-refractivity contribution in [1.82, 2.24) is 0 Å². The van der Waals surface area contributed by atoms with Crippen LogP contribution in [-0.4, -0.2) is 23.9 Å². The highest BCUT2D eigenvalue weighted by Gasteiger charge is 2.11. The van der Waals surface area contributed by atoms with Crippen molar-refractivity contribution in [2.24, 2.45) is 0 Å². The maximum Gasteiger partial charge on any atom is 0.270 e. The molecule has 2 rings (SSSR count). The number of Topliss-reactive ketones (excluding diaryl/α,β-unsaturated/α-hetero) is 1. The van der Waals surface area contributed by atoms with E-state index in [4.69, 9.17) is 4.74 Å². The summed E-state index contributed by atoms with van der Waals surface area (Å²) >= 11 is 0. The monoisotopic (exact) mass is 285 g/mol. The number of nitro benzene ring substituents is 1. The molecule has 5 nitrogen and oxygen atoms in total. The Morgan fingerprint density at radius 1 is 1.10 bits per heavy atom. The Labute approximate surface area is 122 Å². The van der Waals surface area contributed by atoms with Gasteiger partial charge in [-0.05, 0) is 12.0 Å². The van der Waals surface area contributed by atoms with E-state index in [9.17, 15) is 14.9 Å². The van der Waals surface area contributed by atoms with Crippen LogP contribution in [0.5, 0.6) is 0 Å². The zero-order valence-corrected chi connectivity index (χ0v) is 11.4. The van der Waals surface area contributed by atoms with Crippen LogP contribution in [0.4, 0.5) is 5.69 Å². The molecule has 5 heteroatoms. The zero-order chi connectivity index (χ0) is 15.1. The van der Waals surface area contributed by atoms with Crippen molar-refractivity contribution in [1.29, 1.82) is 0 Å². The molecule has 0 aliphatic rings. The van der Waals surface area contributed by atoms with E-state index >= 15 is 0 Å². The summed E-state index contributed by atoms with van der Waals surface area (Å²) in [5.74, 6) is -0.258. The van der Waals surface area contributed by atoms with E-state index in [1.165, 1.54) is 18.2 Å². The Kier molecular flexibility index (Phi) is 5.17. The summed E-state index contributed by atoms with van der Waals surface area (Å²) in [6.45, 7) is 0.360. The second kappa shape index (κ2) is 7.31. The van der Waals surface area contributed by atoms with Crippen molar-refractivity contribution in [2.45, 2.75) is 6.42 Å². The number of nitrogens with zero attached hydrogens (tertiary/aromatic N) is 1. The van der Waals surface area contributed by atoms with Gasteiger partial charge in [0, 0.05) is 17.7 Å². The molecule has 0 unspecified atom stereocenters. The minimum atomic E-state index is -0.521. The van der Waals surface area contributed by atoms with Crippen molar-refractivity contribution >= 4 is 11.5 Å². The van der Waals surface area contributed by atoms with Gasteiger partial charge < -0.3 is 4.74 Å². The molecule has 0 spiro atoms. The van der Waals surface area contributed by atoms with Crippen LogP contribution < -0.4 is 0 Å². The molecule has 2 aromatic rings. The number of benzene rings is 2. The van der Waals surface area contributed by atoms with Gasteiger partial charge in [-0.2, -0.15) is 0 Å². The van der Waals surface area contributed by atoms with Crippen LogP contribution in [0.3, 0.4) is 0 Å². The molecule has 0 amide bonds. The summed E-state index contributed by atoms with van der Waals surface area (Å²) in [4.78, 5) is 22.0. The molecule has 108 valence electrons. The molecule has 0 fully saturated rings. The molecule has 0 aliphatic heterocycles. The Balaban J connectivity index is 1.82. The fraction of sp³-hybridized carbons (Fsp3) is 0.188. The van der Waals surface area contributed by atoms with Gasteiger partial charge in [-0.3, -0.25) is 14.9 Å². The van der Waals surface area contributed by atoms with E-state index in [1.807, 2.05) is 30.3 Å². The SMILES string of the molecule is O=C(COCCc1ccccc1)c1cccc([N+](=O)[O-])c1. The smallest absolute Gasteiger partial charge is 0.270 e. The fourth-order valence-electron chi connectivity index (χ4n) is 1.88. The van der Waals surface area contributed by atoms with E-state index < -0.39 is 4.92 Å². The largest absolute Gasteiger partial charge is 0.373 e. The van der Waals surface area contributed by atoms with Crippen LogP contribution in [0.2, 0.25) is 0 Å². The molecule has 2 aromatic carbocycles. The molecule has 21 heavy (non-hydrogen) atoms. The quantitative estimate of drug-likeness (QED) is 0.339. The molecule has 0 aliphatic carbocycles. The van der Waals surface area contributed by atoms with E-state index in [0.29, 0.717) is 12.2 Å². The number of rotatable bonds is 7. The number of non-ortho nitro benzene ring substituents is 1. The number of nitro groups is 1.